The number of rotatable bonds is 5. The Bertz CT molecular complexity index is 432. The van der Waals surface area contributed by atoms with Gasteiger partial charge in [0.25, 0.3) is 5.91 Å². The first-order valence-electron chi connectivity index (χ1n) is 5.93. The molecule has 2 N–H and O–H groups in total. The Morgan fingerprint density at radius 3 is 2.61 bits per heavy atom. The summed E-state index contributed by atoms with van der Waals surface area (Å²) < 4.78 is 0. The van der Waals surface area contributed by atoms with Gasteiger partial charge in [-0.05, 0) is 32.0 Å². The third-order valence-corrected chi connectivity index (χ3v) is 2.47. The highest BCUT2D eigenvalue weighted by Crippen LogP contribution is 2.12. The largest absolute Gasteiger partial charge is 0.508 e. The summed E-state index contributed by atoms with van der Waals surface area (Å²) in [6.07, 6.45) is 0. The maximum Gasteiger partial charge on any atom is 0.254 e. The number of likely N-dealkylation sites (N-methyl/N-ethyl adjacent to an activating group) is 2. The third kappa shape index (κ3) is 3.76. The molecule has 0 saturated carbocycles. The van der Waals surface area contributed by atoms with Crippen LogP contribution in [0.2, 0.25) is 0 Å². The zero-order valence-corrected chi connectivity index (χ0v) is 10.6. The van der Waals surface area contributed by atoms with Gasteiger partial charge in [-0.25, -0.2) is 0 Å². The molecule has 0 spiro atoms. The van der Waals surface area contributed by atoms with Crippen molar-refractivity contribution in [3.8, 4) is 5.75 Å². The number of carbonyl (C=O) groups is 2. The van der Waals surface area contributed by atoms with Gasteiger partial charge in [-0.3, -0.25) is 9.59 Å². The van der Waals surface area contributed by atoms with Gasteiger partial charge >= 0.3 is 0 Å². The van der Waals surface area contributed by atoms with Crippen LogP contribution in [0.25, 0.3) is 0 Å². The summed E-state index contributed by atoms with van der Waals surface area (Å²) in [5.41, 5.74) is 0.376. The molecule has 5 heteroatoms. The number of phenolic OH excluding ortho intramolecular Hbond substituents is 1. The van der Waals surface area contributed by atoms with Crippen LogP contribution in [-0.4, -0.2) is 41.5 Å². The predicted octanol–water partition coefficient (Wildman–Crippen LogP) is 0.990. The Balaban J connectivity index is 2.76. The molecule has 0 unspecified atom stereocenters. The van der Waals surface area contributed by atoms with Crippen molar-refractivity contribution in [3.05, 3.63) is 29.8 Å². The Morgan fingerprint density at radius 2 is 2.06 bits per heavy atom. The Hall–Kier alpha value is -2.04. The van der Waals surface area contributed by atoms with Crippen LogP contribution in [0.3, 0.4) is 0 Å². The van der Waals surface area contributed by atoms with Crippen molar-refractivity contribution in [2.75, 3.05) is 19.6 Å². The lowest BCUT2D eigenvalue weighted by Crippen LogP contribution is -2.40. The molecule has 0 radical (unpaired) electrons. The van der Waals surface area contributed by atoms with Crippen molar-refractivity contribution in [3.63, 3.8) is 0 Å². The second-order valence-electron chi connectivity index (χ2n) is 3.82. The zero-order valence-electron chi connectivity index (χ0n) is 10.6. The van der Waals surface area contributed by atoms with E-state index in [1.54, 1.807) is 19.1 Å². The van der Waals surface area contributed by atoms with Crippen LogP contribution in [0.5, 0.6) is 5.75 Å². The van der Waals surface area contributed by atoms with E-state index in [-0.39, 0.29) is 24.1 Å². The van der Waals surface area contributed by atoms with Gasteiger partial charge in [0.1, 0.15) is 5.75 Å². The van der Waals surface area contributed by atoms with E-state index in [2.05, 4.69) is 5.32 Å². The first-order chi connectivity index (χ1) is 8.58. The third-order valence-electron chi connectivity index (χ3n) is 2.47. The van der Waals surface area contributed by atoms with Gasteiger partial charge in [-0.1, -0.05) is 6.07 Å². The SMILES string of the molecule is CCNC(=O)CN(CC)C(=O)c1cccc(O)c1. The molecule has 0 aliphatic carbocycles. The molecule has 0 bridgehead atoms. The number of aromatic hydroxyl groups is 1. The van der Waals surface area contributed by atoms with Crippen molar-refractivity contribution in [1.82, 2.24) is 10.2 Å². The van der Waals surface area contributed by atoms with E-state index in [4.69, 9.17) is 0 Å². The van der Waals surface area contributed by atoms with E-state index in [1.807, 2.05) is 6.92 Å². The summed E-state index contributed by atoms with van der Waals surface area (Å²) in [6, 6.07) is 6.10. The van der Waals surface area contributed by atoms with Gasteiger partial charge in [-0.2, -0.15) is 0 Å². The number of carbonyl (C=O) groups excluding carboxylic acids is 2. The van der Waals surface area contributed by atoms with Crippen LogP contribution < -0.4 is 5.32 Å². The molecule has 0 fully saturated rings. The molecule has 0 aromatic heterocycles. The number of phenols is 1. The fourth-order valence-electron chi connectivity index (χ4n) is 1.58. The lowest BCUT2D eigenvalue weighted by atomic mass is 10.2. The van der Waals surface area contributed by atoms with E-state index >= 15 is 0 Å². The van der Waals surface area contributed by atoms with E-state index in [0.717, 1.165) is 0 Å². The van der Waals surface area contributed by atoms with Gasteiger partial charge in [0.15, 0.2) is 0 Å². The number of nitrogens with zero attached hydrogens (tertiary/aromatic N) is 1. The normalized spacial score (nSPS) is 9.89. The van der Waals surface area contributed by atoms with Crippen LogP contribution in [0.4, 0.5) is 0 Å². The topological polar surface area (TPSA) is 69.6 Å². The molecule has 98 valence electrons. The summed E-state index contributed by atoms with van der Waals surface area (Å²) in [4.78, 5) is 25.0. The molecule has 0 aliphatic heterocycles. The first-order valence-corrected chi connectivity index (χ1v) is 5.93. The maximum atomic E-state index is 12.1. The van der Waals surface area contributed by atoms with Crippen LogP contribution in [0.1, 0.15) is 24.2 Å². The molecule has 1 aromatic carbocycles. The second-order valence-corrected chi connectivity index (χ2v) is 3.82. The molecule has 5 nitrogen and oxygen atoms in total. The van der Waals surface area contributed by atoms with Crippen LogP contribution in [-0.2, 0) is 4.79 Å². The van der Waals surface area contributed by atoms with Gasteiger partial charge in [-0.15, -0.1) is 0 Å². The van der Waals surface area contributed by atoms with Gasteiger partial charge < -0.3 is 15.3 Å². The molecule has 1 aromatic rings. The van der Waals surface area contributed by atoms with Gasteiger partial charge in [0.05, 0.1) is 6.54 Å². The molecular weight excluding hydrogens is 232 g/mol. The quantitative estimate of drug-likeness (QED) is 0.818. The highest BCUT2D eigenvalue weighted by Gasteiger charge is 2.17. The second kappa shape index (κ2) is 6.64. The molecule has 1 rings (SSSR count). The fraction of sp³-hybridized carbons (Fsp3) is 0.385. The molecule has 2 amide bonds. The zero-order chi connectivity index (χ0) is 13.5. The maximum absolute atomic E-state index is 12.1. The molecular formula is C13H18N2O3. The molecule has 0 aliphatic rings. The Kier molecular flexibility index (Phi) is 5.17. The minimum atomic E-state index is -0.264. The average molecular weight is 250 g/mol. The minimum absolute atomic E-state index is 0.0266. The summed E-state index contributed by atoms with van der Waals surface area (Å²) in [6.45, 7) is 4.63. The van der Waals surface area contributed by atoms with Crippen molar-refractivity contribution < 1.29 is 14.7 Å². The molecule has 0 atom stereocenters. The standard InChI is InChI=1S/C13H18N2O3/c1-3-14-12(17)9-15(4-2)13(18)10-6-5-7-11(16)8-10/h5-8,16H,3-4,9H2,1-2H3,(H,14,17). The van der Waals surface area contributed by atoms with E-state index in [1.165, 1.54) is 17.0 Å². The number of amides is 2. The predicted molar refractivity (Wildman–Crippen MR) is 68.4 cm³/mol. The van der Waals surface area contributed by atoms with Crippen molar-refractivity contribution >= 4 is 11.8 Å². The highest BCUT2D eigenvalue weighted by atomic mass is 16.3. The van der Waals surface area contributed by atoms with Gasteiger partial charge in [0.2, 0.25) is 5.91 Å². The lowest BCUT2D eigenvalue weighted by Gasteiger charge is -2.20. The number of hydrogen-bond acceptors (Lipinski definition) is 3. The van der Waals surface area contributed by atoms with Crippen LogP contribution >= 0.6 is 0 Å². The molecule has 18 heavy (non-hydrogen) atoms. The fourth-order valence-corrected chi connectivity index (χ4v) is 1.58. The first kappa shape index (κ1) is 14.0. The number of benzene rings is 1. The molecule has 0 saturated heterocycles. The Labute approximate surface area is 106 Å². The van der Waals surface area contributed by atoms with Crippen molar-refractivity contribution in [1.29, 1.82) is 0 Å². The van der Waals surface area contributed by atoms with Crippen LogP contribution in [0, 0.1) is 0 Å². The van der Waals surface area contributed by atoms with E-state index in [9.17, 15) is 14.7 Å². The van der Waals surface area contributed by atoms with Gasteiger partial charge in [0, 0.05) is 18.7 Å². The summed E-state index contributed by atoms with van der Waals surface area (Å²) in [5, 5.41) is 12.0. The molecule has 0 heterocycles. The average Bonchev–Trinajstić information content (AvgIpc) is 2.35. The highest BCUT2D eigenvalue weighted by molar-refractivity contribution is 5.96. The van der Waals surface area contributed by atoms with E-state index < -0.39 is 0 Å². The minimum Gasteiger partial charge on any atom is -0.508 e. The van der Waals surface area contributed by atoms with Crippen molar-refractivity contribution in [2.45, 2.75) is 13.8 Å². The smallest absolute Gasteiger partial charge is 0.254 e. The lowest BCUT2D eigenvalue weighted by molar-refractivity contribution is -0.121. The Morgan fingerprint density at radius 1 is 1.33 bits per heavy atom. The van der Waals surface area contributed by atoms with Crippen molar-refractivity contribution in [2.24, 2.45) is 0 Å². The number of nitrogens with one attached hydrogen (secondary N) is 1. The monoisotopic (exact) mass is 250 g/mol. The summed E-state index contributed by atoms with van der Waals surface area (Å²) >= 11 is 0. The van der Waals surface area contributed by atoms with E-state index in [0.29, 0.717) is 18.7 Å². The van der Waals surface area contributed by atoms with Crippen LogP contribution in [0.15, 0.2) is 24.3 Å². The summed E-state index contributed by atoms with van der Waals surface area (Å²) in [5.74, 6) is -0.414. The summed E-state index contributed by atoms with van der Waals surface area (Å²) in [7, 11) is 0. The number of hydrogen-bond donors (Lipinski definition) is 2.